The van der Waals surface area contributed by atoms with Crippen LogP contribution >= 0.6 is 11.6 Å². The van der Waals surface area contributed by atoms with Gasteiger partial charge in [0.05, 0.1) is 5.92 Å². The number of carbonyl (C=O) groups excluding carboxylic acids is 1. The maximum Gasteiger partial charge on any atom is 0.387 e. The van der Waals surface area contributed by atoms with Gasteiger partial charge in [-0.1, -0.05) is 24.4 Å². The van der Waals surface area contributed by atoms with Crippen LogP contribution in [0.3, 0.4) is 0 Å². The minimum Gasteiger partial charge on any atom is -0.434 e. The number of benzene rings is 1. The molecule has 0 saturated heterocycles. The molecule has 128 valence electrons. The number of amides is 1. The van der Waals surface area contributed by atoms with Crippen molar-refractivity contribution in [2.75, 3.05) is 0 Å². The molecule has 2 rings (SSSR count). The molecular weight excluding hydrogens is 326 g/mol. The molecule has 23 heavy (non-hydrogen) atoms. The number of alkyl halides is 2. The van der Waals surface area contributed by atoms with E-state index in [1.54, 1.807) is 0 Å². The van der Waals surface area contributed by atoms with Crippen LogP contribution in [-0.2, 0) is 11.3 Å². The third-order valence-corrected chi connectivity index (χ3v) is 4.50. The van der Waals surface area contributed by atoms with E-state index in [2.05, 4.69) is 10.1 Å². The van der Waals surface area contributed by atoms with Gasteiger partial charge in [-0.15, -0.1) is 0 Å². The zero-order valence-electron chi connectivity index (χ0n) is 13.0. The van der Waals surface area contributed by atoms with E-state index in [1.807, 2.05) is 6.92 Å². The minimum absolute atomic E-state index is 0.00357. The van der Waals surface area contributed by atoms with Gasteiger partial charge < -0.3 is 15.8 Å². The first-order chi connectivity index (χ1) is 10.8. The van der Waals surface area contributed by atoms with Gasteiger partial charge in [-0.25, -0.2) is 0 Å². The summed E-state index contributed by atoms with van der Waals surface area (Å²) in [6.07, 6.45) is 3.50. The maximum absolute atomic E-state index is 12.4. The molecule has 0 radical (unpaired) electrons. The van der Waals surface area contributed by atoms with Crippen molar-refractivity contribution in [1.82, 2.24) is 5.32 Å². The predicted molar refractivity (Wildman–Crippen MR) is 84.5 cm³/mol. The average Bonchev–Trinajstić information content (AvgIpc) is 2.46. The lowest BCUT2D eigenvalue weighted by Gasteiger charge is -2.37. The number of hydrogen-bond acceptors (Lipinski definition) is 3. The molecule has 1 aromatic rings. The quantitative estimate of drug-likeness (QED) is 0.858. The molecule has 4 nitrogen and oxygen atoms in total. The molecule has 1 aliphatic carbocycles. The van der Waals surface area contributed by atoms with Crippen LogP contribution in [0.4, 0.5) is 8.78 Å². The Bertz CT molecular complexity index is 567. The lowest BCUT2D eigenvalue weighted by molar-refractivity contribution is -0.128. The standard InChI is InChI=1S/C16H21ClF2N2O2/c1-16(20)7-3-2-4-12(16)14(22)21-9-10-8-11(17)5-6-13(10)23-15(18)19/h5-6,8,12,15H,2-4,7,9,20H2,1H3,(H,21,22). The second-order valence-electron chi connectivity index (χ2n) is 6.15. The van der Waals surface area contributed by atoms with E-state index < -0.39 is 12.2 Å². The molecule has 7 heteroatoms. The number of carbonyl (C=O) groups is 1. The molecule has 1 aliphatic rings. The molecule has 1 aromatic carbocycles. The number of hydrogen-bond donors (Lipinski definition) is 2. The fraction of sp³-hybridized carbons (Fsp3) is 0.562. The smallest absolute Gasteiger partial charge is 0.387 e. The van der Waals surface area contributed by atoms with Crippen molar-refractivity contribution in [3.8, 4) is 5.75 Å². The Morgan fingerprint density at radius 1 is 1.52 bits per heavy atom. The lowest BCUT2D eigenvalue weighted by Crippen LogP contribution is -2.52. The summed E-state index contributed by atoms with van der Waals surface area (Å²) in [5.74, 6) is -0.448. The van der Waals surface area contributed by atoms with Crippen molar-refractivity contribution in [1.29, 1.82) is 0 Å². The predicted octanol–water partition coefficient (Wildman–Crippen LogP) is 3.47. The van der Waals surface area contributed by atoms with Gasteiger partial charge >= 0.3 is 6.61 Å². The van der Waals surface area contributed by atoms with E-state index in [0.717, 1.165) is 25.7 Å². The van der Waals surface area contributed by atoms with Crippen molar-refractivity contribution < 1.29 is 18.3 Å². The van der Waals surface area contributed by atoms with Crippen molar-refractivity contribution in [2.24, 2.45) is 11.7 Å². The van der Waals surface area contributed by atoms with Gasteiger partial charge in [0.2, 0.25) is 5.91 Å². The molecule has 1 amide bonds. The molecule has 1 saturated carbocycles. The summed E-state index contributed by atoms with van der Waals surface area (Å²) >= 11 is 5.89. The van der Waals surface area contributed by atoms with E-state index in [9.17, 15) is 13.6 Å². The van der Waals surface area contributed by atoms with Gasteiger partial charge in [0.25, 0.3) is 0 Å². The SMILES string of the molecule is CC1(N)CCCCC1C(=O)NCc1cc(Cl)ccc1OC(F)F. The summed E-state index contributed by atoms with van der Waals surface area (Å²) in [5.41, 5.74) is 6.07. The molecule has 0 aromatic heterocycles. The first kappa shape index (κ1) is 17.9. The van der Waals surface area contributed by atoms with Crippen molar-refractivity contribution in [2.45, 2.75) is 51.3 Å². The zero-order chi connectivity index (χ0) is 17.0. The average molecular weight is 347 g/mol. The topological polar surface area (TPSA) is 64.4 Å². The van der Waals surface area contributed by atoms with E-state index >= 15 is 0 Å². The Kier molecular flexibility index (Phi) is 5.81. The van der Waals surface area contributed by atoms with Gasteiger partial charge in [-0.3, -0.25) is 4.79 Å². The van der Waals surface area contributed by atoms with Crippen molar-refractivity contribution in [3.05, 3.63) is 28.8 Å². The molecule has 0 bridgehead atoms. The largest absolute Gasteiger partial charge is 0.434 e. The van der Waals surface area contributed by atoms with Crippen LogP contribution in [-0.4, -0.2) is 18.1 Å². The van der Waals surface area contributed by atoms with Gasteiger partial charge in [-0.2, -0.15) is 8.78 Å². The Hall–Kier alpha value is -1.40. The third-order valence-electron chi connectivity index (χ3n) is 4.26. The first-order valence-electron chi connectivity index (χ1n) is 7.59. The molecule has 0 aliphatic heterocycles. The highest BCUT2D eigenvalue weighted by Gasteiger charge is 2.37. The molecule has 1 fully saturated rings. The summed E-state index contributed by atoms with van der Waals surface area (Å²) in [5, 5.41) is 3.15. The summed E-state index contributed by atoms with van der Waals surface area (Å²) < 4.78 is 29.3. The molecule has 2 atom stereocenters. The van der Waals surface area contributed by atoms with Crippen molar-refractivity contribution in [3.63, 3.8) is 0 Å². The minimum atomic E-state index is -2.93. The number of ether oxygens (including phenoxy) is 1. The zero-order valence-corrected chi connectivity index (χ0v) is 13.7. The summed E-state index contributed by atoms with van der Waals surface area (Å²) in [7, 11) is 0. The van der Waals surface area contributed by atoms with Crippen LogP contribution in [0, 0.1) is 5.92 Å². The number of nitrogens with one attached hydrogen (secondary N) is 1. The third kappa shape index (κ3) is 4.78. The van der Waals surface area contributed by atoms with E-state index in [4.69, 9.17) is 17.3 Å². The van der Waals surface area contributed by atoms with Gasteiger partial charge in [0.15, 0.2) is 0 Å². The van der Waals surface area contributed by atoms with Crippen LogP contribution in [0.2, 0.25) is 5.02 Å². The number of halogens is 3. The normalized spacial score (nSPS) is 24.5. The molecule has 0 spiro atoms. The van der Waals surface area contributed by atoms with E-state index in [0.29, 0.717) is 10.6 Å². The Labute approximate surface area is 139 Å². The highest BCUT2D eigenvalue weighted by molar-refractivity contribution is 6.30. The number of rotatable bonds is 5. The van der Waals surface area contributed by atoms with E-state index in [-0.39, 0.29) is 24.1 Å². The summed E-state index contributed by atoms with van der Waals surface area (Å²) in [6.45, 7) is -0.994. The Morgan fingerprint density at radius 3 is 2.91 bits per heavy atom. The molecule has 0 heterocycles. The Morgan fingerprint density at radius 2 is 2.26 bits per heavy atom. The summed E-state index contributed by atoms with van der Waals surface area (Å²) in [4.78, 5) is 12.4. The van der Waals surface area contributed by atoms with Crippen LogP contribution < -0.4 is 15.8 Å². The molecular formula is C16H21ClF2N2O2. The second kappa shape index (κ2) is 7.45. The van der Waals surface area contributed by atoms with Gasteiger partial charge in [0.1, 0.15) is 5.75 Å². The van der Waals surface area contributed by atoms with Crippen LogP contribution in [0.15, 0.2) is 18.2 Å². The van der Waals surface area contributed by atoms with Crippen LogP contribution in [0.25, 0.3) is 0 Å². The fourth-order valence-electron chi connectivity index (χ4n) is 2.99. The highest BCUT2D eigenvalue weighted by atomic mass is 35.5. The van der Waals surface area contributed by atoms with Crippen LogP contribution in [0.1, 0.15) is 38.2 Å². The highest BCUT2D eigenvalue weighted by Crippen LogP contribution is 2.32. The fourth-order valence-corrected chi connectivity index (χ4v) is 3.19. The van der Waals surface area contributed by atoms with Gasteiger partial charge in [-0.05, 0) is 38.0 Å². The summed E-state index contributed by atoms with van der Waals surface area (Å²) in [6, 6.07) is 4.33. The van der Waals surface area contributed by atoms with Crippen molar-refractivity contribution >= 4 is 17.5 Å². The molecule has 3 N–H and O–H groups in total. The van der Waals surface area contributed by atoms with E-state index in [1.165, 1.54) is 18.2 Å². The molecule has 2 unspecified atom stereocenters. The second-order valence-corrected chi connectivity index (χ2v) is 6.59. The van der Waals surface area contributed by atoms with Crippen LogP contribution in [0.5, 0.6) is 5.75 Å². The number of nitrogens with two attached hydrogens (primary N) is 1. The monoisotopic (exact) mass is 346 g/mol. The first-order valence-corrected chi connectivity index (χ1v) is 7.97. The maximum atomic E-state index is 12.4. The van der Waals surface area contributed by atoms with Gasteiger partial charge in [0, 0.05) is 22.7 Å². The Balaban J connectivity index is 2.05. The lowest BCUT2D eigenvalue weighted by atomic mass is 9.74.